The molecule has 1 aliphatic rings. The molecule has 0 aliphatic carbocycles. The highest BCUT2D eigenvalue weighted by Crippen LogP contribution is 2.29. The molecule has 1 saturated heterocycles. The van der Waals surface area contributed by atoms with Crippen molar-refractivity contribution in [1.82, 2.24) is 9.80 Å². The van der Waals surface area contributed by atoms with E-state index in [2.05, 4.69) is 70.5 Å². The van der Waals surface area contributed by atoms with E-state index in [1.807, 2.05) is 6.92 Å². The summed E-state index contributed by atoms with van der Waals surface area (Å²) in [6.07, 6.45) is 1.80. The van der Waals surface area contributed by atoms with Crippen molar-refractivity contribution < 1.29 is 5.11 Å². The number of hydrogen-bond donors (Lipinski definition) is 1. The highest BCUT2D eigenvalue weighted by molar-refractivity contribution is 5.31. The van der Waals surface area contributed by atoms with Crippen molar-refractivity contribution >= 4 is 0 Å². The molecule has 2 aromatic rings. The predicted octanol–water partition coefficient (Wildman–Crippen LogP) is 3.55. The molecule has 0 bridgehead atoms. The number of piperazine rings is 1. The number of aliphatic hydroxyl groups excluding tert-OH is 1. The number of nitrogens with zero attached hydrogens (tertiary/aromatic N) is 2. The minimum absolute atomic E-state index is 0.179. The van der Waals surface area contributed by atoms with E-state index in [0.29, 0.717) is 6.04 Å². The quantitative estimate of drug-likeness (QED) is 0.836. The van der Waals surface area contributed by atoms with Crippen molar-refractivity contribution in [3.05, 3.63) is 71.8 Å². The zero-order valence-corrected chi connectivity index (χ0v) is 15.2. The summed E-state index contributed by atoms with van der Waals surface area (Å²) in [7, 11) is 0. The van der Waals surface area contributed by atoms with Crippen molar-refractivity contribution in [1.29, 1.82) is 0 Å². The molecule has 1 heterocycles. The summed E-state index contributed by atoms with van der Waals surface area (Å²) in [5.74, 6) is 0. The van der Waals surface area contributed by atoms with Crippen LogP contribution in [0.15, 0.2) is 60.7 Å². The molecule has 0 spiro atoms. The molecule has 0 saturated carbocycles. The van der Waals surface area contributed by atoms with Gasteiger partial charge in [-0.1, -0.05) is 60.7 Å². The molecule has 3 heteroatoms. The lowest BCUT2D eigenvalue weighted by Crippen LogP contribution is -2.48. The number of rotatable bonds is 7. The molecule has 3 nitrogen and oxygen atoms in total. The normalized spacial score (nSPS) is 17.7. The molecule has 1 fully saturated rings. The van der Waals surface area contributed by atoms with Crippen LogP contribution in [0.2, 0.25) is 0 Å². The van der Waals surface area contributed by atoms with E-state index in [1.54, 1.807) is 0 Å². The van der Waals surface area contributed by atoms with E-state index >= 15 is 0 Å². The number of benzene rings is 2. The van der Waals surface area contributed by atoms with Gasteiger partial charge in [0.2, 0.25) is 0 Å². The largest absolute Gasteiger partial charge is 0.393 e. The van der Waals surface area contributed by atoms with Gasteiger partial charge in [-0.15, -0.1) is 0 Å². The van der Waals surface area contributed by atoms with Gasteiger partial charge in [0, 0.05) is 26.2 Å². The van der Waals surface area contributed by atoms with Crippen LogP contribution in [0.3, 0.4) is 0 Å². The van der Waals surface area contributed by atoms with Crippen LogP contribution >= 0.6 is 0 Å². The van der Waals surface area contributed by atoms with Gasteiger partial charge in [0.05, 0.1) is 12.1 Å². The van der Waals surface area contributed by atoms with Crippen molar-refractivity contribution in [3.63, 3.8) is 0 Å². The van der Waals surface area contributed by atoms with Crippen LogP contribution in [-0.2, 0) is 0 Å². The minimum Gasteiger partial charge on any atom is -0.393 e. The average Bonchev–Trinajstić information content (AvgIpc) is 2.65. The summed E-state index contributed by atoms with van der Waals surface area (Å²) in [5.41, 5.74) is 2.74. The molecule has 0 amide bonds. The molecule has 25 heavy (non-hydrogen) atoms. The molecule has 3 rings (SSSR count). The van der Waals surface area contributed by atoms with Gasteiger partial charge >= 0.3 is 0 Å². The Hall–Kier alpha value is -1.68. The second-order valence-corrected chi connectivity index (χ2v) is 7.09. The summed E-state index contributed by atoms with van der Waals surface area (Å²) >= 11 is 0. The fraction of sp³-hybridized carbons (Fsp3) is 0.455. The molecule has 1 atom stereocenters. The van der Waals surface area contributed by atoms with Crippen molar-refractivity contribution in [3.8, 4) is 0 Å². The van der Waals surface area contributed by atoms with Gasteiger partial charge in [0.25, 0.3) is 0 Å². The maximum absolute atomic E-state index is 9.42. The van der Waals surface area contributed by atoms with Crippen LogP contribution in [0.5, 0.6) is 0 Å². The Morgan fingerprint density at radius 1 is 0.840 bits per heavy atom. The van der Waals surface area contributed by atoms with Gasteiger partial charge in [0.1, 0.15) is 0 Å². The first kappa shape index (κ1) is 18.1. The first-order valence-electron chi connectivity index (χ1n) is 9.48. The Bertz CT molecular complexity index is 567. The van der Waals surface area contributed by atoms with Crippen LogP contribution in [0, 0.1) is 0 Å². The van der Waals surface area contributed by atoms with E-state index in [4.69, 9.17) is 0 Å². The second kappa shape index (κ2) is 9.14. The monoisotopic (exact) mass is 338 g/mol. The molecule has 0 aromatic heterocycles. The van der Waals surface area contributed by atoms with Crippen molar-refractivity contribution in [2.24, 2.45) is 0 Å². The molecule has 1 N–H and O–H groups in total. The fourth-order valence-electron chi connectivity index (χ4n) is 3.74. The van der Waals surface area contributed by atoms with Crippen LogP contribution in [-0.4, -0.2) is 53.7 Å². The topological polar surface area (TPSA) is 26.7 Å². The molecular weight excluding hydrogens is 308 g/mol. The van der Waals surface area contributed by atoms with E-state index in [1.165, 1.54) is 11.1 Å². The number of hydrogen-bond acceptors (Lipinski definition) is 3. The lowest BCUT2D eigenvalue weighted by molar-refractivity contribution is 0.103. The highest BCUT2D eigenvalue weighted by Gasteiger charge is 2.26. The van der Waals surface area contributed by atoms with E-state index < -0.39 is 0 Å². The smallest absolute Gasteiger partial charge is 0.0602 e. The van der Waals surface area contributed by atoms with Gasteiger partial charge < -0.3 is 10.0 Å². The molecule has 2 aromatic carbocycles. The molecule has 0 radical (unpaired) electrons. The van der Waals surface area contributed by atoms with Crippen LogP contribution in [0.25, 0.3) is 0 Å². The lowest BCUT2D eigenvalue weighted by Gasteiger charge is -2.40. The zero-order chi connectivity index (χ0) is 17.5. The molecular formula is C22H30N2O. The summed E-state index contributed by atoms with van der Waals surface area (Å²) < 4.78 is 0. The van der Waals surface area contributed by atoms with Crippen LogP contribution in [0.4, 0.5) is 0 Å². The van der Waals surface area contributed by atoms with Crippen molar-refractivity contribution in [2.75, 3.05) is 32.7 Å². The Kier molecular flexibility index (Phi) is 6.62. The molecule has 134 valence electrons. The minimum atomic E-state index is -0.179. The van der Waals surface area contributed by atoms with Crippen LogP contribution in [0.1, 0.15) is 36.9 Å². The maximum atomic E-state index is 9.42. The zero-order valence-electron chi connectivity index (χ0n) is 15.2. The highest BCUT2D eigenvalue weighted by atomic mass is 16.3. The fourth-order valence-corrected chi connectivity index (χ4v) is 3.74. The van der Waals surface area contributed by atoms with Crippen molar-refractivity contribution in [2.45, 2.75) is 31.9 Å². The third kappa shape index (κ3) is 5.15. The Balaban J connectivity index is 1.65. The second-order valence-electron chi connectivity index (χ2n) is 7.09. The molecule has 1 aliphatic heterocycles. The third-order valence-corrected chi connectivity index (χ3v) is 5.10. The Labute approximate surface area is 151 Å². The SMILES string of the molecule is CC(O)CCCN1CCN(C(c2ccccc2)c2ccccc2)CC1. The summed E-state index contributed by atoms with van der Waals surface area (Å²) in [4.78, 5) is 5.14. The predicted molar refractivity (Wildman–Crippen MR) is 104 cm³/mol. The Morgan fingerprint density at radius 3 is 1.84 bits per heavy atom. The van der Waals surface area contributed by atoms with E-state index in [0.717, 1.165) is 45.6 Å². The third-order valence-electron chi connectivity index (χ3n) is 5.10. The van der Waals surface area contributed by atoms with Gasteiger partial charge in [-0.3, -0.25) is 4.90 Å². The lowest BCUT2D eigenvalue weighted by atomic mass is 9.96. The van der Waals surface area contributed by atoms with E-state index in [-0.39, 0.29) is 6.10 Å². The summed E-state index contributed by atoms with van der Waals surface area (Å²) in [6.45, 7) is 7.36. The van der Waals surface area contributed by atoms with Gasteiger partial charge in [-0.25, -0.2) is 0 Å². The first-order valence-corrected chi connectivity index (χ1v) is 9.48. The maximum Gasteiger partial charge on any atom is 0.0602 e. The van der Waals surface area contributed by atoms with Crippen LogP contribution < -0.4 is 0 Å². The van der Waals surface area contributed by atoms with Gasteiger partial charge in [-0.2, -0.15) is 0 Å². The summed E-state index contributed by atoms with van der Waals surface area (Å²) in [6, 6.07) is 22.0. The average molecular weight is 338 g/mol. The van der Waals surface area contributed by atoms with Gasteiger partial charge in [0.15, 0.2) is 0 Å². The van der Waals surface area contributed by atoms with E-state index in [9.17, 15) is 5.11 Å². The first-order chi connectivity index (χ1) is 12.2. The molecule has 1 unspecified atom stereocenters. The summed E-state index contributed by atoms with van der Waals surface area (Å²) in [5, 5.41) is 9.42. The van der Waals surface area contributed by atoms with Gasteiger partial charge in [-0.05, 0) is 37.4 Å². The number of aliphatic hydroxyl groups is 1. The Morgan fingerprint density at radius 2 is 1.36 bits per heavy atom. The standard InChI is InChI=1S/C22H30N2O/c1-19(25)9-8-14-23-15-17-24(18-16-23)22(20-10-4-2-5-11-20)21-12-6-3-7-13-21/h2-7,10-13,19,22,25H,8-9,14-18H2,1H3.